The zero-order valence-corrected chi connectivity index (χ0v) is 15.0. The predicted octanol–water partition coefficient (Wildman–Crippen LogP) is 2.27. The van der Waals surface area contributed by atoms with Crippen molar-refractivity contribution < 1.29 is 9.59 Å². The molecule has 2 heterocycles. The van der Waals surface area contributed by atoms with Crippen LogP contribution in [0.4, 0.5) is 0 Å². The highest BCUT2D eigenvalue weighted by Gasteiger charge is 2.33. The summed E-state index contributed by atoms with van der Waals surface area (Å²) in [6, 6.07) is 17.8. The van der Waals surface area contributed by atoms with Gasteiger partial charge in [0.1, 0.15) is 5.82 Å². The van der Waals surface area contributed by atoms with Crippen molar-refractivity contribution >= 4 is 22.8 Å². The van der Waals surface area contributed by atoms with E-state index in [1.165, 1.54) is 5.56 Å². The van der Waals surface area contributed by atoms with Crippen LogP contribution in [0.15, 0.2) is 54.6 Å². The third-order valence-electron chi connectivity index (χ3n) is 4.97. The van der Waals surface area contributed by atoms with Crippen LogP contribution in [0.1, 0.15) is 17.8 Å². The summed E-state index contributed by atoms with van der Waals surface area (Å²) >= 11 is 0. The van der Waals surface area contributed by atoms with Crippen molar-refractivity contribution in [3.8, 4) is 0 Å². The van der Waals surface area contributed by atoms with Crippen LogP contribution in [0.25, 0.3) is 11.0 Å². The second kappa shape index (κ2) is 7.61. The van der Waals surface area contributed by atoms with Crippen LogP contribution in [0, 0.1) is 5.92 Å². The first kappa shape index (κ1) is 17.3. The number of carbonyl (C=O) groups is 2. The van der Waals surface area contributed by atoms with Gasteiger partial charge in [-0.05, 0) is 24.1 Å². The molecule has 2 amide bonds. The normalized spacial score (nSPS) is 16.8. The topological polar surface area (TPSA) is 78.1 Å². The molecule has 0 radical (unpaired) electrons. The van der Waals surface area contributed by atoms with Crippen LogP contribution in [-0.2, 0) is 22.6 Å². The summed E-state index contributed by atoms with van der Waals surface area (Å²) in [6.07, 6.45) is 1.08. The molecule has 6 nitrogen and oxygen atoms in total. The number of hydrogen-bond acceptors (Lipinski definition) is 3. The summed E-state index contributed by atoms with van der Waals surface area (Å²) in [5.74, 6) is 0.383. The van der Waals surface area contributed by atoms with Gasteiger partial charge in [-0.25, -0.2) is 4.98 Å². The fraction of sp³-hybridized carbons (Fsp3) is 0.286. The van der Waals surface area contributed by atoms with Gasteiger partial charge in [0.25, 0.3) is 0 Å². The van der Waals surface area contributed by atoms with Crippen molar-refractivity contribution in [3.05, 3.63) is 66.0 Å². The second-order valence-corrected chi connectivity index (χ2v) is 6.89. The molecule has 1 unspecified atom stereocenters. The minimum Gasteiger partial charge on any atom is -0.349 e. The lowest BCUT2D eigenvalue weighted by molar-refractivity contribution is -0.129. The van der Waals surface area contributed by atoms with Gasteiger partial charge < -0.3 is 15.2 Å². The monoisotopic (exact) mass is 362 g/mol. The fourth-order valence-corrected chi connectivity index (χ4v) is 3.48. The Balaban J connectivity index is 1.29. The quantitative estimate of drug-likeness (QED) is 0.706. The lowest BCUT2D eigenvalue weighted by atomic mass is 10.1. The number of benzene rings is 2. The number of amides is 2. The van der Waals surface area contributed by atoms with E-state index >= 15 is 0 Å². The van der Waals surface area contributed by atoms with Crippen LogP contribution in [0.5, 0.6) is 0 Å². The molecule has 27 heavy (non-hydrogen) atoms. The van der Waals surface area contributed by atoms with Gasteiger partial charge >= 0.3 is 0 Å². The first-order valence-electron chi connectivity index (χ1n) is 9.22. The number of carbonyl (C=O) groups excluding carboxylic acids is 2. The molecule has 1 atom stereocenters. The lowest BCUT2D eigenvalue weighted by Crippen LogP contribution is -2.33. The summed E-state index contributed by atoms with van der Waals surface area (Å²) in [5.41, 5.74) is 3.03. The summed E-state index contributed by atoms with van der Waals surface area (Å²) in [5, 5.41) is 2.91. The number of hydrogen-bond donors (Lipinski definition) is 2. The van der Waals surface area contributed by atoms with E-state index in [0.717, 1.165) is 23.3 Å². The Morgan fingerprint density at radius 3 is 2.74 bits per heavy atom. The zero-order valence-electron chi connectivity index (χ0n) is 15.0. The van der Waals surface area contributed by atoms with Gasteiger partial charge in [-0.2, -0.15) is 0 Å². The Kier molecular flexibility index (Phi) is 4.87. The molecule has 0 saturated carbocycles. The van der Waals surface area contributed by atoms with Crippen LogP contribution in [0.2, 0.25) is 0 Å². The molecule has 1 aliphatic heterocycles. The summed E-state index contributed by atoms with van der Waals surface area (Å²) in [7, 11) is 0. The molecule has 3 aromatic rings. The van der Waals surface area contributed by atoms with E-state index in [0.29, 0.717) is 19.6 Å². The van der Waals surface area contributed by atoms with E-state index in [-0.39, 0.29) is 24.2 Å². The Hall–Kier alpha value is -3.15. The van der Waals surface area contributed by atoms with Gasteiger partial charge in [0, 0.05) is 19.5 Å². The van der Waals surface area contributed by atoms with Gasteiger partial charge in [-0.3, -0.25) is 9.59 Å². The average molecular weight is 362 g/mol. The van der Waals surface area contributed by atoms with Crippen molar-refractivity contribution in [1.29, 1.82) is 0 Å². The van der Waals surface area contributed by atoms with Crippen LogP contribution in [0.3, 0.4) is 0 Å². The largest absolute Gasteiger partial charge is 0.349 e. The standard InChI is InChI=1S/C21H22N4O2/c26-20-12-16(14-25(20)11-10-15-6-2-1-3-7-15)21(27)22-13-19-23-17-8-4-5-9-18(17)24-19/h1-9,16H,10-14H2,(H,22,27)(H,23,24). The van der Waals surface area contributed by atoms with Gasteiger partial charge in [0.05, 0.1) is 23.5 Å². The summed E-state index contributed by atoms with van der Waals surface area (Å²) in [4.78, 5) is 34.1. The van der Waals surface area contributed by atoms with E-state index in [9.17, 15) is 9.59 Å². The van der Waals surface area contributed by atoms with Crippen LogP contribution >= 0.6 is 0 Å². The molecule has 1 aliphatic rings. The maximum Gasteiger partial charge on any atom is 0.225 e. The van der Waals surface area contributed by atoms with Gasteiger partial charge in [0.2, 0.25) is 11.8 Å². The molecule has 0 bridgehead atoms. The molecule has 0 aliphatic carbocycles. The molecule has 4 rings (SSSR count). The van der Waals surface area contributed by atoms with Crippen molar-refractivity contribution in [2.45, 2.75) is 19.4 Å². The molecule has 1 fully saturated rings. The minimum absolute atomic E-state index is 0.0508. The van der Waals surface area contributed by atoms with Crippen molar-refractivity contribution in [3.63, 3.8) is 0 Å². The molecular formula is C21H22N4O2. The predicted molar refractivity (Wildman–Crippen MR) is 103 cm³/mol. The Morgan fingerprint density at radius 1 is 1.15 bits per heavy atom. The van der Waals surface area contributed by atoms with Crippen LogP contribution < -0.4 is 5.32 Å². The van der Waals surface area contributed by atoms with E-state index in [1.807, 2.05) is 42.5 Å². The fourth-order valence-electron chi connectivity index (χ4n) is 3.48. The Bertz CT molecular complexity index is 918. The smallest absolute Gasteiger partial charge is 0.225 e. The second-order valence-electron chi connectivity index (χ2n) is 6.89. The average Bonchev–Trinajstić information content (AvgIpc) is 3.28. The molecule has 138 valence electrons. The maximum absolute atomic E-state index is 12.5. The van der Waals surface area contributed by atoms with E-state index in [2.05, 4.69) is 27.4 Å². The van der Waals surface area contributed by atoms with Crippen molar-refractivity contribution in [1.82, 2.24) is 20.2 Å². The molecule has 1 saturated heterocycles. The number of para-hydroxylation sites is 2. The highest BCUT2D eigenvalue weighted by atomic mass is 16.2. The third kappa shape index (κ3) is 4.00. The molecule has 6 heteroatoms. The number of fused-ring (bicyclic) bond motifs is 1. The summed E-state index contributed by atoms with van der Waals surface area (Å²) < 4.78 is 0. The number of H-pyrrole nitrogens is 1. The number of nitrogens with one attached hydrogen (secondary N) is 2. The molecule has 1 aromatic heterocycles. The van der Waals surface area contributed by atoms with Crippen molar-refractivity contribution in [2.24, 2.45) is 5.92 Å². The third-order valence-corrected chi connectivity index (χ3v) is 4.97. The molecule has 0 spiro atoms. The highest BCUT2D eigenvalue weighted by Crippen LogP contribution is 2.19. The summed E-state index contributed by atoms with van der Waals surface area (Å²) in [6.45, 7) is 1.47. The molecular weight excluding hydrogens is 340 g/mol. The molecule has 2 aromatic carbocycles. The lowest BCUT2D eigenvalue weighted by Gasteiger charge is -2.16. The van der Waals surface area contributed by atoms with E-state index < -0.39 is 0 Å². The SMILES string of the molecule is O=C(NCc1nc2ccccc2[nH]1)C1CC(=O)N(CCc2ccccc2)C1. The van der Waals surface area contributed by atoms with Gasteiger partial charge in [0.15, 0.2) is 0 Å². The number of aromatic amines is 1. The van der Waals surface area contributed by atoms with E-state index in [1.54, 1.807) is 4.90 Å². The van der Waals surface area contributed by atoms with Crippen molar-refractivity contribution in [2.75, 3.05) is 13.1 Å². The first-order valence-corrected chi connectivity index (χ1v) is 9.22. The van der Waals surface area contributed by atoms with Gasteiger partial charge in [-0.1, -0.05) is 42.5 Å². The number of aromatic nitrogens is 2. The minimum atomic E-state index is -0.294. The Morgan fingerprint density at radius 2 is 1.93 bits per heavy atom. The first-order chi connectivity index (χ1) is 13.2. The molecule has 2 N–H and O–H groups in total. The Labute approximate surface area is 157 Å². The number of nitrogens with zero attached hydrogens (tertiary/aromatic N) is 2. The number of rotatable bonds is 6. The number of imidazole rings is 1. The number of likely N-dealkylation sites (tertiary alicyclic amines) is 1. The van der Waals surface area contributed by atoms with E-state index in [4.69, 9.17) is 0 Å². The maximum atomic E-state index is 12.5. The zero-order chi connectivity index (χ0) is 18.6. The van der Waals surface area contributed by atoms with Gasteiger partial charge in [-0.15, -0.1) is 0 Å². The highest BCUT2D eigenvalue weighted by molar-refractivity contribution is 5.89. The van der Waals surface area contributed by atoms with Crippen LogP contribution in [-0.4, -0.2) is 39.8 Å².